The lowest BCUT2D eigenvalue weighted by Crippen LogP contribution is -2.16. The van der Waals surface area contributed by atoms with E-state index in [4.69, 9.17) is 15.2 Å². The summed E-state index contributed by atoms with van der Waals surface area (Å²) in [4.78, 5) is 4.48. The lowest BCUT2D eigenvalue weighted by atomic mass is 10.2. The molecule has 2 heterocycles. The van der Waals surface area contributed by atoms with Gasteiger partial charge in [-0.3, -0.25) is 4.57 Å². The molecule has 0 bridgehead atoms. The fourth-order valence-electron chi connectivity index (χ4n) is 2.89. The SMILES string of the molecule is Nc1ccc(-n2cnc3cc(OCC4CCCO4)ccc32)cc1. The fourth-order valence-corrected chi connectivity index (χ4v) is 2.89. The zero-order valence-corrected chi connectivity index (χ0v) is 12.8. The summed E-state index contributed by atoms with van der Waals surface area (Å²) >= 11 is 0. The molecule has 1 unspecified atom stereocenters. The summed E-state index contributed by atoms with van der Waals surface area (Å²) in [6.07, 6.45) is 4.24. The number of hydrogen-bond donors (Lipinski definition) is 1. The third kappa shape index (κ3) is 2.87. The van der Waals surface area contributed by atoms with Crippen LogP contribution in [0.15, 0.2) is 48.8 Å². The van der Waals surface area contributed by atoms with Crippen molar-refractivity contribution in [2.45, 2.75) is 18.9 Å². The van der Waals surface area contributed by atoms with E-state index in [1.807, 2.05) is 53.4 Å². The van der Waals surface area contributed by atoms with Crippen molar-refractivity contribution in [1.82, 2.24) is 9.55 Å². The van der Waals surface area contributed by atoms with Crippen LogP contribution in [0.3, 0.4) is 0 Å². The van der Waals surface area contributed by atoms with Gasteiger partial charge < -0.3 is 15.2 Å². The smallest absolute Gasteiger partial charge is 0.121 e. The first-order valence-electron chi connectivity index (χ1n) is 7.87. The number of nitrogens with zero attached hydrogens (tertiary/aromatic N) is 2. The minimum atomic E-state index is 0.220. The number of nitrogens with two attached hydrogens (primary N) is 1. The Morgan fingerprint density at radius 1 is 1.22 bits per heavy atom. The van der Waals surface area contributed by atoms with Gasteiger partial charge in [0.05, 0.1) is 17.1 Å². The number of anilines is 1. The van der Waals surface area contributed by atoms with Gasteiger partial charge in [-0.15, -0.1) is 0 Å². The second-order valence-electron chi connectivity index (χ2n) is 5.80. The molecule has 1 saturated heterocycles. The van der Waals surface area contributed by atoms with Gasteiger partial charge in [0.1, 0.15) is 18.7 Å². The summed E-state index contributed by atoms with van der Waals surface area (Å²) in [6, 6.07) is 13.7. The number of aromatic nitrogens is 2. The second-order valence-corrected chi connectivity index (χ2v) is 5.80. The molecule has 1 fully saturated rings. The molecule has 5 heteroatoms. The Labute approximate surface area is 134 Å². The van der Waals surface area contributed by atoms with E-state index in [2.05, 4.69) is 4.98 Å². The molecule has 2 N–H and O–H groups in total. The predicted molar refractivity (Wildman–Crippen MR) is 90.0 cm³/mol. The number of benzene rings is 2. The van der Waals surface area contributed by atoms with Gasteiger partial charge in [-0.25, -0.2) is 4.98 Å². The highest BCUT2D eigenvalue weighted by Crippen LogP contribution is 2.24. The first-order chi connectivity index (χ1) is 11.3. The largest absolute Gasteiger partial charge is 0.491 e. The molecular weight excluding hydrogens is 290 g/mol. The van der Waals surface area contributed by atoms with Crippen LogP contribution < -0.4 is 10.5 Å². The highest BCUT2D eigenvalue weighted by Gasteiger charge is 2.16. The van der Waals surface area contributed by atoms with Crippen molar-refractivity contribution < 1.29 is 9.47 Å². The average Bonchev–Trinajstić information content (AvgIpc) is 3.23. The van der Waals surface area contributed by atoms with Crippen molar-refractivity contribution in [1.29, 1.82) is 0 Å². The zero-order valence-electron chi connectivity index (χ0n) is 12.8. The zero-order chi connectivity index (χ0) is 15.6. The van der Waals surface area contributed by atoms with E-state index in [1.54, 1.807) is 0 Å². The summed E-state index contributed by atoms with van der Waals surface area (Å²) in [5.74, 6) is 0.829. The number of ether oxygens (including phenoxy) is 2. The maximum Gasteiger partial charge on any atom is 0.121 e. The quantitative estimate of drug-likeness (QED) is 0.752. The molecule has 4 rings (SSSR count). The number of nitrogen functional groups attached to an aromatic ring is 1. The topological polar surface area (TPSA) is 62.3 Å². The molecular formula is C18H19N3O2. The van der Waals surface area contributed by atoms with Gasteiger partial charge in [0.25, 0.3) is 0 Å². The third-order valence-electron chi connectivity index (χ3n) is 4.15. The summed E-state index contributed by atoms with van der Waals surface area (Å²) < 4.78 is 13.5. The van der Waals surface area contributed by atoms with E-state index < -0.39 is 0 Å². The number of fused-ring (bicyclic) bond motifs is 1. The molecule has 5 nitrogen and oxygen atoms in total. The van der Waals surface area contributed by atoms with Crippen LogP contribution >= 0.6 is 0 Å². The average molecular weight is 309 g/mol. The Bertz CT molecular complexity index is 805. The molecule has 1 aromatic heterocycles. The summed E-state index contributed by atoms with van der Waals surface area (Å²) in [5, 5.41) is 0. The van der Waals surface area contributed by atoms with Crippen LogP contribution in [0.1, 0.15) is 12.8 Å². The third-order valence-corrected chi connectivity index (χ3v) is 4.15. The molecule has 0 aliphatic carbocycles. The van der Waals surface area contributed by atoms with Gasteiger partial charge >= 0.3 is 0 Å². The summed E-state index contributed by atoms with van der Waals surface area (Å²) in [5.41, 5.74) is 9.49. The lowest BCUT2D eigenvalue weighted by Gasteiger charge is -2.11. The normalized spacial score (nSPS) is 17.7. The summed E-state index contributed by atoms with van der Waals surface area (Å²) in [6.45, 7) is 1.45. The Balaban J connectivity index is 1.57. The number of hydrogen-bond acceptors (Lipinski definition) is 4. The van der Waals surface area contributed by atoms with Crippen molar-refractivity contribution in [3.63, 3.8) is 0 Å². The van der Waals surface area contributed by atoms with Gasteiger partial charge in [0, 0.05) is 24.0 Å². The first kappa shape index (κ1) is 14.1. The van der Waals surface area contributed by atoms with E-state index in [0.29, 0.717) is 6.61 Å². The predicted octanol–water partition coefficient (Wildman–Crippen LogP) is 3.17. The molecule has 1 aliphatic rings. The minimum Gasteiger partial charge on any atom is -0.491 e. The van der Waals surface area contributed by atoms with Crippen molar-refractivity contribution in [2.75, 3.05) is 18.9 Å². The van der Waals surface area contributed by atoms with Gasteiger partial charge in [0.2, 0.25) is 0 Å². The molecule has 1 aliphatic heterocycles. The van der Waals surface area contributed by atoms with Crippen LogP contribution in [0.5, 0.6) is 5.75 Å². The Morgan fingerprint density at radius 3 is 2.87 bits per heavy atom. The highest BCUT2D eigenvalue weighted by molar-refractivity contribution is 5.79. The molecule has 1 atom stereocenters. The molecule has 0 saturated carbocycles. The van der Waals surface area contributed by atoms with Crippen LogP contribution in [0.25, 0.3) is 16.7 Å². The Morgan fingerprint density at radius 2 is 2.09 bits per heavy atom. The van der Waals surface area contributed by atoms with Crippen molar-refractivity contribution in [2.24, 2.45) is 0 Å². The van der Waals surface area contributed by atoms with E-state index in [9.17, 15) is 0 Å². The Hall–Kier alpha value is -2.53. The van der Waals surface area contributed by atoms with Crippen LogP contribution in [0.4, 0.5) is 5.69 Å². The molecule has 2 aromatic carbocycles. The van der Waals surface area contributed by atoms with Gasteiger partial charge in [0.15, 0.2) is 0 Å². The molecule has 0 spiro atoms. The monoisotopic (exact) mass is 309 g/mol. The van der Waals surface area contributed by atoms with Crippen molar-refractivity contribution in [3.8, 4) is 11.4 Å². The maximum absolute atomic E-state index is 5.84. The molecule has 0 amide bonds. The van der Waals surface area contributed by atoms with Gasteiger partial charge in [-0.1, -0.05) is 0 Å². The van der Waals surface area contributed by atoms with Crippen molar-refractivity contribution >= 4 is 16.7 Å². The standard InChI is InChI=1S/C18H19N3O2/c19-13-3-5-14(6-4-13)21-12-20-17-10-15(7-8-18(17)21)23-11-16-2-1-9-22-16/h3-8,10,12,16H,1-2,9,11,19H2. The van der Waals surface area contributed by atoms with E-state index in [0.717, 1.165) is 47.6 Å². The Kier molecular flexibility index (Phi) is 3.63. The van der Waals surface area contributed by atoms with E-state index in [-0.39, 0.29) is 6.10 Å². The minimum absolute atomic E-state index is 0.220. The van der Waals surface area contributed by atoms with Crippen LogP contribution in [0.2, 0.25) is 0 Å². The molecule has 23 heavy (non-hydrogen) atoms. The highest BCUT2D eigenvalue weighted by atomic mass is 16.5. The van der Waals surface area contributed by atoms with E-state index in [1.165, 1.54) is 0 Å². The number of imidazole rings is 1. The van der Waals surface area contributed by atoms with Crippen LogP contribution in [-0.2, 0) is 4.74 Å². The van der Waals surface area contributed by atoms with Gasteiger partial charge in [-0.2, -0.15) is 0 Å². The first-order valence-corrected chi connectivity index (χ1v) is 7.87. The molecule has 118 valence electrons. The fraction of sp³-hybridized carbons (Fsp3) is 0.278. The van der Waals surface area contributed by atoms with Crippen LogP contribution in [-0.4, -0.2) is 28.9 Å². The molecule has 0 radical (unpaired) electrons. The van der Waals surface area contributed by atoms with E-state index >= 15 is 0 Å². The second kappa shape index (κ2) is 5.93. The van der Waals surface area contributed by atoms with Gasteiger partial charge in [-0.05, 0) is 49.2 Å². The maximum atomic E-state index is 5.84. The summed E-state index contributed by atoms with van der Waals surface area (Å²) in [7, 11) is 0. The van der Waals surface area contributed by atoms with Crippen molar-refractivity contribution in [3.05, 3.63) is 48.8 Å². The number of rotatable bonds is 4. The molecule has 3 aromatic rings. The lowest BCUT2D eigenvalue weighted by molar-refractivity contribution is 0.0680. The van der Waals surface area contributed by atoms with Crippen LogP contribution in [0, 0.1) is 0 Å².